The number of rotatable bonds is 16. The Morgan fingerprint density at radius 2 is 1.71 bits per heavy atom. The van der Waals surface area contributed by atoms with Crippen molar-refractivity contribution in [1.82, 2.24) is 5.32 Å². The molecule has 3 N–H and O–H groups in total. The Bertz CT molecular complexity index is 485. The normalized spacial score (nSPS) is 11.9. The molecule has 31 heavy (non-hydrogen) atoms. The van der Waals surface area contributed by atoms with Crippen molar-refractivity contribution < 1.29 is 21.9 Å². The van der Waals surface area contributed by atoms with Crippen LogP contribution in [-0.4, -0.2) is 62.2 Å². The van der Waals surface area contributed by atoms with Crippen LogP contribution in [0.3, 0.4) is 0 Å². The summed E-state index contributed by atoms with van der Waals surface area (Å²) in [4.78, 5) is 11.6. The van der Waals surface area contributed by atoms with Crippen LogP contribution < -0.4 is 11.1 Å². The molecule has 0 aliphatic heterocycles. The van der Waals surface area contributed by atoms with Gasteiger partial charge in [-0.3, -0.25) is 4.79 Å². The maximum absolute atomic E-state index is 11.6. The first-order chi connectivity index (χ1) is 14.7. The Kier molecular flexibility index (Phi) is 24.0. The molecule has 0 aliphatic carbocycles. The number of ether oxygens (including phenoxy) is 3. The first-order valence-electron chi connectivity index (χ1n) is 11.3. The van der Waals surface area contributed by atoms with Crippen LogP contribution in [0.1, 0.15) is 70.6 Å². The summed E-state index contributed by atoms with van der Waals surface area (Å²) < 4.78 is 17.1. The van der Waals surface area contributed by atoms with Gasteiger partial charge >= 0.3 is 0 Å². The fourth-order valence-corrected chi connectivity index (χ4v) is 4.31. The Balaban J connectivity index is -0.00000102. The van der Waals surface area contributed by atoms with Gasteiger partial charge in [0, 0.05) is 19.9 Å². The highest BCUT2D eigenvalue weighted by molar-refractivity contribution is 8.77. The minimum Gasteiger partial charge on any atom is -0.379 e. The first-order valence-corrected chi connectivity index (χ1v) is 13.5. The van der Waals surface area contributed by atoms with Gasteiger partial charge in [0.1, 0.15) is 5.44 Å². The van der Waals surface area contributed by atoms with E-state index in [1.54, 1.807) is 10.8 Å². The van der Waals surface area contributed by atoms with E-state index in [1.165, 1.54) is 0 Å². The molecule has 8 heteroatoms. The molecule has 0 radical (unpaired) electrons. The Morgan fingerprint density at radius 1 is 1.10 bits per heavy atom. The van der Waals surface area contributed by atoms with Crippen LogP contribution in [0, 0.1) is 17.8 Å². The molecule has 0 aliphatic rings. The zero-order valence-corrected chi connectivity index (χ0v) is 22.4. The van der Waals surface area contributed by atoms with Gasteiger partial charge in [-0.15, -0.1) is 0 Å². The van der Waals surface area contributed by atoms with Crippen molar-refractivity contribution in [1.29, 1.82) is 0 Å². The molecule has 0 saturated heterocycles. The summed E-state index contributed by atoms with van der Waals surface area (Å²) in [5.74, 6) is 6.19. The molecular formula is C23H50N2O4S2. The number of nitrogens with two attached hydrogens (primary N) is 1. The fourth-order valence-electron chi connectivity index (χ4n) is 1.85. The monoisotopic (exact) mass is 482 g/mol. The standard InChI is InChI=1S/C21H40N2O4S2.C2H6.2H2/c1-18(2)8-7-12-23-19(24)10-13-25-14-15-26-16-17-27-20(9-6-11-22)28-29-21(3,4)5;1-2;;/h18,20H,6,9-17,22H2,1-5H3,(H,23,24);1-2H3;2*1H. The topological polar surface area (TPSA) is 82.8 Å². The van der Waals surface area contributed by atoms with Crippen LogP contribution in [0.2, 0.25) is 0 Å². The molecule has 0 heterocycles. The maximum atomic E-state index is 11.6. The van der Waals surface area contributed by atoms with E-state index in [2.05, 4.69) is 37.9 Å². The number of carbonyl (C=O) groups excluding carboxylic acids is 1. The Hall–Kier alpha value is -0.430. The van der Waals surface area contributed by atoms with E-state index in [9.17, 15) is 4.79 Å². The van der Waals surface area contributed by atoms with Crippen molar-refractivity contribution in [3.8, 4) is 11.8 Å². The lowest BCUT2D eigenvalue weighted by atomic mass is 10.2. The molecule has 0 spiro atoms. The summed E-state index contributed by atoms with van der Waals surface area (Å²) in [5.41, 5.74) is 5.74. The Morgan fingerprint density at radius 3 is 2.29 bits per heavy atom. The second kappa shape index (κ2) is 22.8. The van der Waals surface area contributed by atoms with Gasteiger partial charge in [-0.2, -0.15) is 0 Å². The average molecular weight is 483 g/mol. The summed E-state index contributed by atoms with van der Waals surface area (Å²) >= 11 is 0. The largest absolute Gasteiger partial charge is 0.379 e. The lowest BCUT2D eigenvalue weighted by Crippen LogP contribution is -2.25. The molecule has 0 aromatic carbocycles. The van der Waals surface area contributed by atoms with Gasteiger partial charge in [0.2, 0.25) is 5.91 Å². The molecule has 0 aromatic rings. The van der Waals surface area contributed by atoms with Gasteiger partial charge in [0.25, 0.3) is 0 Å². The highest BCUT2D eigenvalue weighted by Crippen LogP contribution is 2.39. The summed E-state index contributed by atoms with van der Waals surface area (Å²) in [5, 5.41) is 2.75. The maximum Gasteiger partial charge on any atom is 0.223 e. The second-order valence-corrected chi connectivity index (χ2v) is 10.9. The third-order valence-electron chi connectivity index (χ3n) is 3.19. The van der Waals surface area contributed by atoms with Gasteiger partial charge in [0.05, 0.1) is 39.6 Å². The number of carbonyl (C=O) groups is 1. The van der Waals surface area contributed by atoms with E-state index in [-0.39, 0.29) is 18.9 Å². The van der Waals surface area contributed by atoms with Crippen molar-refractivity contribution in [2.75, 3.05) is 46.1 Å². The summed E-state index contributed by atoms with van der Waals surface area (Å²) in [6, 6.07) is 0. The molecule has 0 aromatic heterocycles. The van der Waals surface area contributed by atoms with E-state index >= 15 is 0 Å². The van der Waals surface area contributed by atoms with E-state index in [4.69, 9.17) is 19.9 Å². The fraction of sp³-hybridized carbons (Fsp3) is 0.870. The summed E-state index contributed by atoms with van der Waals surface area (Å²) in [6.07, 6.45) is 2.23. The number of hydrogen-bond donors (Lipinski definition) is 2. The van der Waals surface area contributed by atoms with Crippen molar-refractivity contribution in [2.45, 2.75) is 77.9 Å². The third-order valence-corrected chi connectivity index (χ3v) is 6.81. The van der Waals surface area contributed by atoms with E-state index in [0.29, 0.717) is 58.5 Å². The highest BCUT2D eigenvalue weighted by atomic mass is 33.1. The smallest absolute Gasteiger partial charge is 0.223 e. The number of amides is 1. The minimum atomic E-state index is -0.0495. The lowest BCUT2D eigenvalue weighted by Gasteiger charge is -2.22. The van der Waals surface area contributed by atoms with Gasteiger partial charge in [0.15, 0.2) is 0 Å². The molecule has 0 bridgehead atoms. The van der Waals surface area contributed by atoms with E-state index in [1.807, 2.05) is 38.5 Å². The summed E-state index contributed by atoms with van der Waals surface area (Å²) in [6.45, 7) is 18.1. The van der Waals surface area contributed by atoms with Crippen LogP contribution in [0.4, 0.5) is 0 Å². The number of hydrogen-bond acceptors (Lipinski definition) is 7. The quantitative estimate of drug-likeness (QED) is 0.139. The minimum absolute atomic E-state index is 0. The molecule has 1 amide bonds. The van der Waals surface area contributed by atoms with Gasteiger partial charge < -0.3 is 25.3 Å². The van der Waals surface area contributed by atoms with Crippen LogP contribution in [0.5, 0.6) is 0 Å². The molecule has 6 nitrogen and oxygen atoms in total. The van der Waals surface area contributed by atoms with Gasteiger partial charge in [-0.05, 0) is 19.4 Å². The molecule has 0 rings (SSSR count). The predicted octanol–water partition coefficient (Wildman–Crippen LogP) is 4.97. The van der Waals surface area contributed by atoms with Crippen LogP contribution in [-0.2, 0) is 19.0 Å². The summed E-state index contributed by atoms with van der Waals surface area (Å²) in [7, 11) is 3.60. The van der Waals surface area contributed by atoms with Gasteiger partial charge in [-0.25, -0.2) is 0 Å². The van der Waals surface area contributed by atoms with Crippen molar-refractivity contribution >= 4 is 27.5 Å². The van der Waals surface area contributed by atoms with Crippen LogP contribution >= 0.6 is 21.6 Å². The average Bonchev–Trinajstić information content (AvgIpc) is 2.72. The molecule has 0 fully saturated rings. The van der Waals surface area contributed by atoms with Crippen LogP contribution in [0.25, 0.3) is 0 Å². The third kappa shape index (κ3) is 27.5. The second-order valence-electron chi connectivity index (χ2n) is 7.75. The van der Waals surface area contributed by atoms with Crippen molar-refractivity contribution in [3.05, 3.63) is 0 Å². The molecule has 1 atom stereocenters. The first kappa shape index (κ1) is 32.7. The Labute approximate surface area is 202 Å². The highest BCUT2D eigenvalue weighted by Gasteiger charge is 2.17. The number of nitrogens with one attached hydrogen (secondary N) is 1. The predicted molar refractivity (Wildman–Crippen MR) is 140 cm³/mol. The molecule has 188 valence electrons. The molecular weight excluding hydrogens is 432 g/mol. The SMILES string of the molecule is CC.CC(C)C#CCNC(=O)CCOCCOCCOC(CCCN)SSC(C)(C)C.[HH].[HH]. The van der Waals surface area contributed by atoms with Crippen molar-refractivity contribution in [2.24, 2.45) is 11.7 Å². The van der Waals surface area contributed by atoms with Crippen LogP contribution in [0.15, 0.2) is 0 Å². The lowest BCUT2D eigenvalue weighted by molar-refractivity contribution is -0.122. The van der Waals surface area contributed by atoms with Gasteiger partial charge in [-0.1, -0.05) is 81.9 Å². The zero-order chi connectivity index (χ0) is 24.0. The molecule has 1 unspecified atom stereocenters. The van der Waals surface area contributed by atoms with E-state index in [0.717, 1.165) is 12.8 Å². The molecule has 0 saturated carbocycles. The van der Waals surface area contributed by atoms with Crippen molar-refractivity contribution in [3.63, 3.8) is 0 Å². The van der Waals surface area contributed by atoms with E-state index < -0.39 is 0 Å². The zero-order valence-electron chi connectivity index (χ0n) is 20.8.